The van der Waals surface area contributed by atoms with Gasteiger partial charge in [0.15, 0.2) is 0 Å². The van der Waals surface area contributed by atoms with Gasteiger partial charge in [-0.15, -0.1) is 6.58 Å². The van der Waals surface area contributed by atoms with Gasteiger partial charge >= 0.3 is 0 Å². The van der Waals surface area contributed by atoms with Crippen LogP contribution in [0.2, 0.25) is 0 Å². The zero-order chi connectivity index (χ0) is 30.6. The van der Waals surface area contributed by atoms with Crippen LogP contribution in [0.15, 0.2) is 83.5 Å². The Morgan fingerprint density at radius 3 is 2.67 bits per heavy atom. The van der Waals surface area contributed by atoms with Gasteiger partial charge in [-0.3, -0.25) is 10.8 Å². The van der Waals surface area contributed by atoms with Gasteiger partial charge in [0, 0.05) is 43.1 Å². The highest BCUT2D eigenvalue weighted by Gasteiger charge is 2.25. The molecule has 4 rings (SSSR count). The lowest BCUT2D eigenvalue weighted by molar-refractivity contribution is 0.381. The van der Waals surface area contributed by atoms with Gasteiger partial charge in [-0.25, -0.2) is 4.31 Å². The Bertz CT molecular complexity index is 1330. The second-order valence-corrected chi connectivity index (χ2v) is 12.4. The van der Waals surface area contributed by atoms with Gasteiger partial charge in [0.2, 0.25) is 0 Å². The number of pyridine rings is 1. The van der Waals surface area contributed by atoms with Crippen molar-refractivity contribution in [3.8, 4) is 6.07 Å². The summed E-state index contributed by atoms with van der Waals surface area (Å²) >= 11 is 1.82. The van der Waals surface area contributed by atoms with E-state index >= 15 is 0 Å². The molecule has 0 saturated heterocycles. The molecule has 0 spiro atoms. The molecule has 1 saturated carbocycles. The van der Waals surface area contributed by atoms with Crippen LogP contribution in [0.1, 0.15) is 76.1 Å². The monoisotopic (exact) mass is 584 g/mol. The number of hydrogen-bond donors (Lipinski definition) is 3. The summed E-state index contributed by atoms with van der Waals surface area (Å²) in [6, 6.07) is 11.0. The number of benzene rings is 1. The number of allylic oxidation sites excluding steroid dienone is 4. The third-order valence-electron chi connectivity index (χ3n) is 8.03. The second-order valence-electron chi connectivity index (χ2n) is 11.3. The van der Waals surface area contributed by atoms with Crippen molar-refractivity contribution in [2.24, 2.45) is 11.8 Å². The Morgan fingerprint density at radius 1 is 1.29 bits per heavy atom. The van der Waals surface area contributed by atoms with Gasteiger partial charge in [0.05, 0.1) is 23.1 Å². The third-order valence-corrected chi connectivity index (χ3v) is 9.14. The van der Waals surface area contributed by atoms with Crippen LogP contribution in [-0.2, 0) is 6.42 Å². The summed E-state index contributed by atoms with van der Waals surface area (Å²) in [4.78, 5) is 5.93. The largest absolute Gasteiger partial charge is 0.381 e. The molecular weight excluding hydrogens is 536 g/mol. The molecule has 2 aromatic rings. The number of rotatable bonds is 12. The van der Waals surface area contributed by atoms with Crippen molar-refractivity contribution >= 4 is 23.3 Å². The zero-order valence-corrected chi connectivity index (χ0v) is 26.9. The molecule has 1 aromatic heterocycles. The van der Waals surface area contributed by atoms with Gasteiger partial charge in [0.25, 0.3) is 0 Å². The van der Waals surface area contributed by atoms with Crippen LogP contribution < -0.4 is 16.6 Å². The first kappa shape index (κ1) is 33.2. The molecular formula is C35H48N6S. The first-order valence-corrected chi connectivity index (χ1v) is 15.7. The second kappa shape index (κ2) is 16.4. The van der Waals surface area contributed by atoms with Crippen LogP contribution >= 0.6 is 11.9 Å². The quantitative estimate of drug-likeness (QED) is 0.0758. The number of hydrogen-bond acceptors (Lipinski definition) is 7. The molecule has 6 nitrogen and oxygen atoms in total. The molecule has 2 aliphatic rings. The molecule has 2 unspecified atom stereocenters. The molecule has 0 radical (unpaired) electrons. The standard InChI is InChI=1S/C33H45N5S.C2H3N/c1-7-10-28(29-16-17-30(36-27-14-15-27)33(37-34)25(29)6)23(4)13-12-22(3)24(5)20-38-21-26(8-2)19-31-32(39-38)11-9-18-35-31;1-2-3/h7,9,11-13,16-18,26-28,36-37H,1,5,8,10,14-15,19-21,34H2,2-4,6H3;1H3/b22-12-,23-13+;. The van der Waals surface area contributed by atoms with Crippen molar-refractivity contribution in [2.45, 2.75) is 83.6 Å². The Balaban J connectivity index is 0.00000155. The van der Waals surface area contributed by atoms with Gasteiger partial charge in [-0.2, -0.15) is 5.26 Å². The molecule has 7 heteroatoms. The van der Waals surface area contributed by atoms with E-state index in [1.54, 1.807) is 6.07 Å². The average Bonchev–Trinajstić information content (AvgIpc) is 3.81. The summed E-state index contributed by atoms with van der Waals surface area (Å²) < 4.78 is 2.46. The van der Waals surface area contributed by atoms with Crippen LogP contribution in [0, 0.1) is 24.2 Å². The molecule has 2 atom stereocenters. The number of nitrogen functional groups attached to an aromatic ring is 1. The van der Waals surface area contributed by atoms with Gasteiger partial charge in [-0.1, -0.05) is 49.8 Å². The van der Waals surface area contributed by atoms with E-state index in [0.29, 0.717) is 12.0 Å². The van der Waals surface area contributed by atoms with Gasteiger partial charge in [-0.05, 0) is 105 Å². The van der Waals surface area contributed by atoms with Gasteiger partial charge in [0.1, 0.15) is 0 Å². The molecule has 4 N–H and O–H groups in total. The number of nitrogens with zero attached hydrogens (tertiary/aromatic N) is 3. The number of nitrogens with two attached hydrogens (primary N) is 1. The van der Waals surface area contributed by atoms with Crippen molar-refractivity contribution in [1.82, 2.24) is 9.29 Å². The van der Waals surface area contributed by atoms with E-state index in [2.05, 4.69) is 91.2 Å². The van der Waals surface area contributed by atoms with E-state index in [9.17, 15) is 0 Å². The first-order valence-electron chi connectivity index (χ1n) is 14.9. The highest BCUT2D eigenvalue weighted by Crippen LogP contribution is 2.39. The Kier molecular flexibility index (Phi) is 12.9. The number of anilines is 2. The van der Waals surface area contributed by atoms with Crippen LogP contribution in [0.5, 0.6) is 0 Å². The normalized spacial score (nSPS) is 18.0. The maximum atomic E-state index is 7.32. The average molecular weight is 585 g/mol. The first-order chi connectivity index (χ1) is 20.3. The van der Waals surface area contributed by atoms with Crippen molar-refractivity contribution in [3.63, 3.8) is 0 Å². The smallest absolute Gasteiger partial charge is 0.0750 e. The molecule has 0 bridgehead atoms. The number of aromatic nitrogens is 1. The fourth-order valence-corrected chi connectivity index (χ4v) is 6.41. The van der Waals surface area contributed by atoms with Crippen molar-refractivity contribution in [3.05, 3.63) is 95.4 Å². The van der Waals surface area contributed by atoms with E-state index in [1.165, 1.54) is 52.6 Å². The topological polar surface area (TPSA) is 90.0 Å². The Morgan fingerprint density at radius 2 is 2.02 bits per heavy atom. The third kappa shape index (κ3) is 9.09. The van der Waals surface area contributed by atoms with E-state index in [1.807, 2.05) is 30.3 Å². The lowest BCUT2D eigenvalue weighted by Crippen LogP contribution is -2.24. The lowest BCUT2D eigenvalue weighted by atomic mass is 9.85. The Labute approximate surface area is 258 Å². The molecule has 1 fully saturated rings. The summed E-state index contributed by atoms with van der Waals surface area (Å²) in [5, 5.41) is 10.9. The van der Waals surface area contributed by atoms with Crippen LogP contribution in [0.25, 0.3) is 0 Å². The maximum absolute atomic E-state index is 7.32. The summed E-state index contributed by atoms with van der Waals surface area (Å²) in [6.45, 7) is 20.6. The predicted molar refractivity (Wildman–Crippen MR) is 180 cm³/mol. The fourth-order valence-electron chi connectivity index (χ4n) is 5.24. The highest BCUT2D eigenvalue weighted by molar-refractivity contribution is 7.97. The number of nitrogens with one attached hydrogen (secondary N) is 2. The Hall–Kier alpha value is -3.31. The highest BCUT2D eigenvalue weighted by atomic mass is 32.2. The molecule has 1 aromatic carbocycles. The minimum absolute atomic E-state index is 0.234. The lowest BCUT2D eigenvalue weighted by Gasteiger charge is -2.24. The predicted octanol–water partition coefficient (Wildman–Crippen LogP) is 8.48. The number of fused-ring (bicyclic) bond motifs is 1. The summed E-state index contributed by atoms with van der Waals surface area (Å²) in [6.07, 6.45) is 13.9. The van der Waals surface area contributed by atoms with Crippen LogP contribution in [-0.4, -0.2) is 28.4 Å². The molecule has 224 valence electrons. The summed E-state index contributed by atoms with van der Waals surface area (Å²) in [7, 11) is 0. The van der Waals surface area contributed by atoms with Crippen molar-refractivity contribution in [1.29, 1.82) is 5.26 Å². The van der Waals surface area contributed by atoms with Crippen LogP contribution in [0.4, 0.5) is 11.4 Å². The molecule has 0 amide bonds. The molecule has 2 heterocycles. The minimum atomic E-state index is 0.234. The summed E-state index contributed by atoms with van der Waals surface area (Å²) in [5.41, 5.74) is 12.4. The molecule has 1 aliphatic carbocycles. The number of hydrazine groups is 1. The molecule has 42 heavy (non-hydrogen) atoms. The van der Waals surface area contributed by atoms with E-state index in [-0.39, 0.29) is 5.92 Å². The maximum Gasteiger partial charge on any atom is 0.0750 e. The number of nitriles is 1. The van der Waals surface area contributed by atoms with E-state index in [0.717, 1.165) is 49.3 Å². The van der Waals surface area contributed by atoms with Gasteiger partial charge < -0.3 is 10.7 Å². The van der Waals surface area contributed by atoms with E-state index < -0.39 is 0 Å². The van der Waals surface area contributed by atoms with E-state index in [4.69, 9.17) is 11.1 Å². The fraction of sp³-hybridized carbons (Fsp3) is 0.429. The van der Waals surface area contributed by atoms with Crippen molar-refractivity contribution < 1.29 is 0 Å². The SMILES string of the molecule is C=CCC(/C(C)=C/C=C(/C)C(=C)CN1CC(CC)Cc2ncccc2S1)c1ccc(NC2CC2)c(NN)c1C.CC#N. The molecule has 1 aliphatic heterocycles. The minimum Gasteiger partial charge on any atom is -0.381 e. The van der Waals surface area contributed by atoms with Crippen LogP contribution in [0.3, 0.4) is 0 Å². The summed E-state index contributed by atoms with van der Waals surface area (Å²) in [5.74, 6) is 6.82. The zero-order valence-electron chi connectivity index (χ0n) is 26.0. The van der Waals surface area contributed by atoms with Crippen molar-refractivity contribution in [2.75, 3.05) is 23.8 Å².